The van der Waals surface area contributed by atoms with E-state index in [4.69, 9.17) is 4.74 Å². The van der Waals surface area contributed by atoms with Crippen LogP contribution in [0.4, 0.5) is 9.80 Å². The summed E-state index contributed by atoms with van der Waals surface area (Å²) in [6.45, 7) is 0.167. The van der Waals surface area contributed by atoms with Crippen LogP contribution in [0.5, 0.6) is 5.88 Å². The van der Waals surface area contributed by atoms with E-state index in [-0.39, 0.29) is 23.1 Å². The van der Waals surface area contributed by atoms with Crippen LogP contribution in [0.2, 0.25) is 0 Å². The van der Waals surface area contributed by atoms with Gasteiger partial charge in [0.1, 0.15) is 11.6 Å². The van der Waals surface area contributed by atoms with Crippen LogP contribution in [0.15, 0.2) is 54.6 Å². The molecule has 0 radical (unpaired) electrons. The van der Waals surface area contributed by atoms with Crippen LogP contribution in [0.25, 0.3) is 11.1 Å². The van der Waals surface area contributed by atoms with Gasteiger partial charge >= 0.3 is 12.0 Å². The maximum Gasteiger partial charge on any atom is 0.344 e. The highest BCUT2D eigenvalue weighted by Gasteiger charge is 2.23. The highest BCUT2D eigenvalue weighted by molar-refractivity contribution is 7.11. The number of carbonyl (C=O) groups is 2. The van der Waals surface area contributed by atoms with Crippen LogP contribution in [-0.2, 0) is 6.61 Å². The number of ether oxygens (including phenoxy) is 1. The zero-order chi connectivity index (χ0) is 20.1. The molecule has 7 nitrogen and oxygen atoms in total. The zero-order valence-electron chi connectivity index (χ0n) is 15.4. The number of benzene rings is 2. The van der Waals surface area contributed by atoms with Crippen molar-refractivity contribution in [2.45, 2.75) is 6.61 Å². The van der Waals surface area contributed by atoms with E-state index in [9.17, 15) is 14.7 Å². The minimum absolute atomic E-state index is 0.0151. The smallest absolute Gasteiger partial charge is 0.344 e. The fourth-order valence-corrected chi connectivity index (χ4v) is 3.15. The Morgan fingerprint density at radius 3 is 2.32 bits per heavy atom. The van der Waals surface area contributed by atoms with Crippen molar-refractivity contribution in [1.82, 2.24) is 9.27 Å². The molecule has 0 unspecified atom stereocenters. The lowest BCUT2D eigenvalue weighted by atomic mass is 10.0. The lowest BCUT2D eigenvalue weighted by Gasteiger charge is -2.11. The number of anilines is 1. The number of urea groups is 1. The summed E-state index contributed by atoms with van der Waals surface area (Å²) in [5.74, 6) is -1.23. The van der Waals surface area contributed by atoms with Gasteiger partial charge in [-0.2, -0.15) is 4.37 Å². The van der Waals surface area contributed by atoms with Gasteiger partial charge in [0.25, 0.3) is 0 Å². The molecule has 28 heavy (non-hydrogen) atoms. The molecule has 0 aliphatic carbocycles. The van der Waals surface area contributed by atoms with Crippen molar-refractivity contribution in [2.75, 3.05) is 19.4 Å². The fourth-order valence-electron chi connectivity index (χ4n) is 2.43. The molecule has 0 fully saturated rings. The molecule has 0 atom stereocenters. The molecule has 2 amide bonds. The Morgan fingerprint density at radius 1 is 1.07 bits per heavy atom. The minimum atomic E-state index is -1.21. The highest BCUT2D eigenvalue weighted by atomic mass is 32.1. The summed E-state index contributed by atoms with van der Waals surface area (Å²) in [6, 6.07) is 17.4. The monoisotopic (exact) mass is 397 g/mol. The van der Waals surface area contributed by atoms with Crippen molar-refractivity contribution < 1.29 is 19.4 Å². The molecular formula is C20H19N3O4S. The number of aromatic carboxylic acids is 1. The van der Waals surface area contributed by atoms with Gasteiger partial charge in [0.2, 0.25) is 5.88 Å². The number of aromatic nitrogens is 1. The Bertz CT molecular complexity index is 969. The standard InChI is InChI=1S/C20H19N3O4S/c1-23(2)20(26)21-18-16(19(24)25)17(22-28-18)27-12-13-8-10-15(11-9-13)14-6-4-3-5-7-14/h3-11H,12H2,1-2H3,(H,21,26)(H,24,25). The van der Waals surface area contributed by atoms with Crippen molar-refractivity contribution >= 4 is 28.5 Å². The van der Waals surface area contributed by atoms with E-state index in [0.717, 1.165) is 28.2 Å². The summed E-state index contributed by atoms with van der Waals surface area (Å²) in [6.07, 6.45) is 0. The average Bonchev–Trinajstić information content (AvgIpc) is 3.10. The van der Waals surface area contributed by atoms with E-state index >= 15 is 0 Å². The number of hydrogen-bond acceptors (Lipinski definition) is 5. The number of nitrogens with one attached hydrogen (secondary N) is 1. The summed E-state index contributed by atoms with van der Waals surface area (Å²) < 4.78 is 9.64. The molecule has 0 saturated carbocycles. The second-order valence-electron chi connectivity index (χ2n) is 6.17. The molecule has 2 N–H and O–H groups in total. The van der Waals surface area contributed by atoms with Crippen LogP contribution in [0, 0.1) is 0 Å². The van der Waals surface area contributed by atoms with Crippen molar-refractivity contribution in [3.8, 4) is 17.0 Å². The topological polar surface area (TPSA) is 91.8 Å². The SMILES string of the molecule is CN(C)C(=O)Nc1snc(OCc2ccc(-c3ccccc3)cc2)c1C(=O)O. The van der Waals surface area contributed by atoms with Gasteiger partial charge in [-0.1, -0.05) is 54.6 Å². The Balaban J connectivity index is 1.71. The largest absolute Gasteiger partial charge is 0.477 e. The van der Waals surface area contributed by atoms with Crippen LogP contribution < -0.4 is 10.1 Å². The molecule has 2 aromatic carbocycles. The third-order valence-electron chi connectivity index (χ3n) is 3.94. The Labute approximate surface area is 166 Å². The van der Waals surface area contributed by atoms with Crippen molar-refractivity contribution in [3.05, 3.63) is 65.7 Å². The lowest BCUT2D eigenvalue weighted by Crippen LogP contribution is -2.27. The quantitative estimate of drug-likeness (QED) is 0.651. The number of hydrogen-bond donors (Lipinski definition) is 2. The van der Waals surface area contributed by atoms with E-state index < -0.39 is 12.0 Å². The molecule has 1 aromatic heterocycles. The van der Waals surface area contributed by atoms with E-state index in [1.165, 1.54) is 4.90 Å². The summed E-state index contributed by atoms with van der Waals surface area (Å²) in [4.78, 5) is 24.7. The number of nitrogens with zero attached hydrogens (tertiary/aromatic N) is 2. The molecule has 8 heteroatoms. The van der Waals surface area contributed by atoms with Crippen molar-refractivity contribution in [1.29, 1.82) is 0 Å². The van der Waals surface area contributed by atoms with Gasteiger partial charge in [-0.15, -0.1) is 0 Å². The maximum absolute atomic E-state index is 11.8. The van der Waals surface area contributed by atoms with Crippen LogP contribution in [-0.4, -0.2) is 40.5 Å². The molecule has 1 heterocycles. The summed E-state index contributed by atoms with van der Waals surface area (Å²) in [5.41, 5.74) is 2.92. The van der Waals surface area contributed by atoms with Crippen LogP contribution in [0.1, 0.15) is 15.9 Å². The van der Waals surface area contributed by atoms with Crippen LogP contribution >= 0.6 is 11.5 Å². The number of carboxylic acids is 1. The van der Waals surface area contributed by atoms with E-state index in [1.807, 2.05) is 54.6 Å². The fraction of sp³-hybridized carbons (Fsp3) is 0.150. The van der Waals surface area contributed by atoms with Gasteiger partial charge < -0.3 is 14.7 Å². The Hall–Kier alpha value is -3.39. The van der Waals surface area contributed by atoms with Gasteiger partial charge in [0.05, 0.1) is 0 Å². The first-order valence-electron chi connectivity index (χ1n) is 8.44. The maximum atomic E-state index is 11.8. The van der Waals surface area contributed by atoms with Gasteiger partial charge in [0.15, 0.2) is 5.56 Å². The number of carbonyl (C=O) groups excluding carboxylic acids is 1. The van der Waals surface area contributed by atoms with Gasteiger partial charge in [-0.05, 0) is 28.2 Å². The first kappa shape index (κ1) is 19.4. The number of rotatable bonds is 6. The molecule has 0 bridgehead atoms. The Morgan fingerprint density at radius 2 is 1.71 bits per heavy atom. The van der Waals surface area contributed by atoms with E-state index in [0.29, 0.717) is 0 Å². The molecule has 0 aliphatic heterocycles. The molecule has 0 aliphatic rings. The van der Waals surface area contributed by atoms with Crippen molar-refractivity contribution in [3.63, 3.8) is 0 Å². The molecule has 0 spiro atoms. The first-order chi connectivity index (χ1) is 13.5. The van der Waals surface area contributed by atoms with Crippen LogP contribution in [0.3, 0.4) is 0 Å². The summed E-state index contributed by atoms with van der Waals surface area (Å²) >= 11 is 0.871. The van der Waals surface area contributed by atoms with Crippen molar-refractivity contribution in [2.24, 2.45) is 0 Å². The average molecular weight is 397 g/mol. The Kier molecular flexibility index (Phi) is 5.90. The normalized spacial score (nSPS) is 10.4. The van der Waals surface area contributed by atoms with Gasteiger partial charge in [-0.3, -0.25) is 5.32 Å². The zero-order valence-corrected chi connectivity index (χ0v) is 16.2. The van der Waals surface area contributed by atoms with Gasteiger partial charge in [0, 0.05) is 14.1 Å². The third-order valence-corrected chi connectivity index (χ3v) is 4.68. The molecule has 3 rings (SSSR count). The second kappa shape index (κ2) is 8.53. The molecule has 0 saturated heterocycles. The molecule has 3 aromatic rings. The molecular weight excluding hydrogens is 378 g/mol. The third kappa shape index (κ3) is 4.47. The predicted octanol–water partition coefficient (Wildman–Crippen LogP) is 4.18. The second-order valence-corrected chi connectivity index (χ2v) is 6.95. The highest BCUT2D eigenvalue weighted by Crippen LogP contribution is 2.31. The van der Waals surface area contributed by atoms with Gasteiger partial charge in [-0.25, -0.2) is 9.59 Å². The predicted molar refractivity (Wildman–Crippen MR) is 108 cm³/mol. The van der Waals surface area contributed by atoms with E-state index in [2.05, 4.69) is 9.69 Å². The first-order valence-corrected chi connectivity index (χ1v) is 9.21. The summed E-state index contributed by atoms with van der Waals surface area (Å²) in [5, 5.41) is 12.1. The summed E-state index contributed by atoms with van der Waals surface area (Å²) in [7, 11) is 3.13. The lowest BCUT2D eigenvalue weighted by molar-refractivity contribution is 0.0693. The van der Waals surface area contributed by atoms with E-state index in [1.54, 1.807) is 14.1 Å². The number of amides is 2. The molecule has 144 valence electrons. The minimum Gasteiger partial charge on any atom is -0.477 e. The number of carboxylic acid groups (broad SMARTS) is 1.